The summed E-state index contributed by atoms with van der Waals surface area (Å²) in [7, 11) is 0. The Morgan fingerprint density at radius 2 is 1.63 bits per heavy atom. The molecule has 5 nitrogen and oxygen atoms in total. The van der Waals surface area contributed by atoms with Crippen LogP contribution in [0.3, 0.4) is 0 Å². The molecule has 0 aromatic rings. The Balaban J connectivity index is 3.48. The average Bonchev–Trinajstić information content (AvgIpc) is 2.38. The molecule has 0 radical (unpaired) electrons. The smallest absolute Gasteiger partial charge is 0.0900 e. The molecule has 0 spiro atoms. The summed E-state index contributed by atoms with van der Waals surface area (Å²) in [6, 6.07) is 0. The maximum absolute atomic E-state index is 9.78. The third-order valence-corrected chi connectivity index (χ3v) is 3.00. The zero-order chi connectivity index (χ0) is 14.3. The average molecular weight is 277 g/mol. The predicted octanol–water partition coefficient (Wildman–Crippen LogP) is 0.621. The van der Waals surface area contributed by atoms with Crippen LogP contribution in [0.15, 0.2) is 0 Å². The molecule has 0 saturated carbocycles. The van der Waals surface area contributed by atoms with Gasteiger partial charge in [0.25, 0.3) is 0 Å². The fraction of sp³-hybridized carbons (Fsp3) is 1.00. The molecule has 19 heavy (non-hydrogen) atoms. The second-order valence-corrected chi connectivity index (χ2v) is 4.89. The lowest BCUT2D eigenvalue weighted by Gasteiger charge is -2.23. The summed E-state index contributed by atoms with van der Waals surface area (Å²) < 4.78 is 5.43. The first-order chi connectivity index (χ1) is 9.24. The summed E-state index contributed by atoms with van der Waals surface area (Å²) in [5.41, 5.74) is 0. The van der Waals surface area contributed by atoms with Crippen molar-refractivity contribution in [3.05, 3.63) is 0 Å². The molecule has 3 N–H and O–H groups in total. The van der Waals surface area contributed by atoms with E-state index < -0.39 is 6.10 Å². The van der Waals surface area contributed by atoms with Gasteiger partial charge in [-0.2, -0.15) is 0 Å². The molecular weight excluding hydrogens is 246 g/mol. The van der Waals surface area contributed by atoms with Crippen molar-refractivity contribution in [2.75, 3.05) is 46.1 Å². The number of rotatable bonds is 14. The van der Waals surface area contributed by atoms with Crippen LogP contribution in [-0.4, -0.2) is 72.4 Å². The molecular formula is C14H31NO4. The van der Waals surface area contributed by atoms with Crippen molar-refractivity contribution in [1.82, 2.24) is 4.90 Å². The molecule has 0 heterocycles. The van der Waals surface area contributed by atoms with Gasteiger partial charge in [-0.15, -0.1) is 0 Å². The van der Waals surface area contributed by atoms with Crippen LogP contribution >= 0.6 is 0 Å². The largest absolute Gasteiger partial charge is 0.395 e. The van der Waals surface area contributed by atoms with E-state index in [2.05, 4.69) is 6.92 Å². The summed E-state index contributed by atoms with van der Waals surface area (Å²) in [5, 5.41) is 27.5. The number of hydrogen-bond donors (Lipinski definition) is 3. The molecule has 1 unspecified atom stereocenters. The first-order valence-corrected chi connectivity index (χ1v) is 7.44. The first-order valence-electron chi connectivity index (χ1n) is 7.44. The molecule has 0 aliphatic carbocycles. The molecule has 5 heteroatoms. The zero-order valence-electron chi connectivity index (χ0n) is 12.3. The van der Waals surface area contributed by atoms with Gasteiger partial charge in [-0.05, 0) is 6.42 Å². The van der Waals surface area contributed by atoms with Crippen molar-refractivity contribution < 1.29 is 20.1 Å². The third-order valence-electron chi connectivity index (χ3n) is 3.00. The minimum Gasteiger partial charge on any atom is -0.395 e. The van der Waals surface area contributed by atoms with Gasteiger partial charge < -0.3 is 20.1 Å². The molecule has 0 amide bonds. The summed E-state index contributed by atoms with van der Waals surface area (Å²) in [6.07, 6.45) is 5.44. The second-order valence-electron chi connectivity index (χ2n) is 4.89. The standard InChI is InChI=1S/C14H31NO4/c1-2-3-4-5-6-11-19-13-14(18)12-15(7-9-16)8-10-17/h14,16-18H,2-13H2,1H3. The Morgan fingerprint density at radius 3 is 2.21 bits per heavy atom. The zero-order valence-corrected chi connectivity index (χ0v) is 12.3. The molecule has 0 aliphatic rings. The van der Waals surface area contributed by atoms with E-state index in [1.54, 1.807) is 0 Å². The van der Waals surface area contributed by atoms with Crippen molar-refractivity contribution >= 4 is 0 Å². The topological polar surface area (TPSA) is 73.2 Å². The number of ether oxygens (including phenoxy) is 1. The molecule has 0 aromatic heterocycles. The van der Waals surface area contributed by atoms with E-state index in [1.807, 2.05) is 4.90 Å². The Labute approximate surface area is 117 Å². The molecule has 0 bridgehead atoms. The SMILES string of the molecule is CCCCCCCOCC(O)CN(CCO)CCO. The van der Waals surface area contributed by atoms with Crippen LogP contribution in [0.25, 0.3) is 0 Å². The fourth-order valence-electron chi connectivity index (χ4n) is 1.96. The van der Waals surface area contributed by atoms with Crippen LogP contribution in [0.5, 0.6) is 0 Å². The lowest BCUT2D eigenvalue weighted by atomic mass is 10.2. The molecule has 116 valence electrons. The van der Waals surface area contributed by atoms with Crippen molar-refractivity contribution in [3.63, 3.8) is 0 Å². The van der Waals surface area contributed by atoms with E-state index in [4.69, 9.17) is 14.9 Å². The molecule has 0 rings (SSSR count). The quantitative estimate of drug-likeness (QED) is 0.406. The van der Waals surface area contributed by atoms with Crippen LogP contribution in [-0.2, 0) is 4.74 Å². The summed E-state index contributed by atoms with van der Waals surface area (Å²) in [4.78, 5) is 1.83. The number of aliphatic hydroxyl groups is 3. The Morgan fingerprint density at radius 1 is 1.00 bits per heavy atom. The van der Waals surface area contributed by atoms with Crippen molar-refractivity contribution in [1.29, 1.82) is 0 Å². The number of aliphatic hydroxyl groups excluding tert-OH is 3. The number of nitrogens with zero attached hydrogens (tertiary/aromatic N) is 1. The molecule has 0 aromatic carbocycles. The summed E-state index contributed by atoms with van der Waals surface area (Å²) in [5.74, 6) is 0. The Bertz CT molecular complexity index is 175. The molecule has 0 saturated heterocycles. The summed E-state index contributed by atoms with van der Waals surface area (Å²) >= 11 is 0. The first kappa shape index (κ1) is 18.8. The van der Waals surface area contributed by atoms with Crippen LogP contribution in [0, 0.1) is 0 Å². The monoisotopic (exact) mass is 277 g/mol. The maximum Gasteiger partial charge on any atom is 0.0900 e. The normalized spacial score (nSPS) is 13.1. The highest BCUT2D eigenvalue weighted by atomic mass is 16.5. The Hall–Kier alpha value is -0.200. The van der Waals surface area contributed by atoms with Crippen molar-refractivity contribution in [3.8, 4) is 0 Å². The summed E-state index contributed by atoms with van der Waals surface area (Å²) in [6.45, 7) is 4.63. The predicted molar refractivity (Wildman–Crippen MR) is 76.2 cm³/mol. The minimum atomic E-state index is -0.561. The van der Waals surface area contributed by atoms with Gasteiger partial charge in [0.15, 0.2) is 0 Å². The van der Waals surface area contributed by atoms with Crippen molar-refractivity contribution in [2.24, 2.45) is 0 Å². The number of hydrogen-bond acceptors (Lipinski definition) is 5. The molecule has 0 aliphatic heterocycles. The minimum absolute atomic E-state index is 0.0327. The van der Waals surface area contributed by atoms with E-state index in [0.717, 1.165) is 6.42 Å². The fourth-order valence-corrected chi connectivity index (χ4v) is 1.96. The lowest BCUT2D eigenvalue weighted by Crippen LogP contribution is -2.38. The highest BCUT2D eigenvalue weighted by molar-refractivity contribution is 4.63. The van der Waals surface area contributed by atoms with E-state index in [1.165, 1.54) is 25.7 Å². The van der Waals surface area contributed by atoms with Gasteiger partial charge in [0.05, 0.1) is 25.9 Å². The van der Waals surface area contributed by atoms with Gasteiger partial charge in [-0.25, -0.2) is 0 Å². The van der Waals surface area contributed by atoms with Crippen LogP contribution in [0.4, 0.5) is 0 Å². The van der Waals surface area contributed by atoms with Gasteiger partial charge in [-0.1, -0.05) is 32.6 Å². The van der Waals surface area contributed by atoms with E-state index in [-0.39, 0.29) is 13.2 Å². The van der Waals surface area contributed by atoms with Crippen molar-refractivity contribution in [2.45, 2.75) is 45.1 Å². The molecule has 1 atom stereocenters. The Kier molecular flexibility index (Phi) is 14.1. The van der Waals surface area contributed by atoms with Crippen LogP contribution < -0.4 is 0 Å². The van der Waals surface area contributed by atoms with E-state index in [0.29, 0.717) is 32.8 Å². The second kappa shape index (κ2) is 14.2. The highest BCUT2D eigenvalue weighted by Gasteiger charge is 2.10. The van der Waals surface area contributed by atoms with Gasteiger partial charge in [0.2, 0.25) is 0 Å². The van der Waals surface area contributed by atoms with Crippen LogP contribution in [0.2, 0.25) is 0 Å². The van der Waals surface area contributed by atoms with E-state index >= 15 is 0 Å². The van der Waals surface area contributed by atoms with Gasteiger partial charge in [0.1, 0.15) is 0 Å². The number of unbranched alkanes of at least 4 members (excludes halogenated alkanes) is 4. The lowest BCUT2D eigenvalue weighted by molar-refractivity contribution is 0.0103. The maximum atomic E-state index is 9.78. The van der Waals surface area contributed by atoms with Gasteiger partial charge >= 0.3 is 0 Å². The van der Waals surface area contributed by atoms with Gasteiger partial charge in [-0.3, -0.25) is 4.90 Å². The van der Waals surface area contributed by atoms with E-state index in [9.17, 15) is 5.11 Å². The van der Waals surface area contributed by atoms with Crippen LogP contribution in [0.1, 0.15) is 39.0 Å². The molecule has 0 fully saturated rings. The third kappa shape index (κ3) is 12.6. The highest BCUT2D eigenvalue weighted by Crippen LogP contribution is 2.02. The van der Waals surface area contributed by atoms with Gasteiger partial charge in [0, 0.05) is 26.2 Å².